The van der Waals surface area contributed by atoms with Crippen LogP contribution in [0.5, 0.6) is 0 Å². The zero-order valence-electron chi connectivity index (χ0n) is 15.1. The average Bonchev–Trinajstić information content (AvgIpc) is 3.25. The van der Waals surface area contributed by atoms with E-state index in [1.807, 2.05) is 0 Å². The quantitative estimate of drug-likeness (QED) is 0.399. The van der Waals surface area contributed by atoms with Crippen LogP contribution in [0.3, 0.4) is 0 Å². The molecule has 0 radical (unpaired) electrons. The minimum absolute atomic E-state index is 0.289. The van der Waals surface area contributed by atoms with Crippen molar-refractivity contribution in [3.8, 4) is 0 Å². The molecule has 0 atom stereocenters. The van der Waals surface area contributed by atoms with E-state index in [4.69, 9.17) is 0 Å². The molecule has 0 unspecified atom stereocenters. The molecule has 2 N–H and O–H groups in total. The van der Waals surface area contributed by atoms with Crippen molar-refractivity contribution in [2.45, 2.75) is 4.21 Å². The SMILES string of the molecule is CN=C(NCCNS(=O)(=O)c1cccs1)N1CCN(c2ncccn2)CC1. The molecule has 0 aromatic carbocycles. The summed E-state index contributed by atoms with van der Waals surface area (Å²) >= 11 is 1.20. The summed E-state index contributed by atoms with van der Waals surface area (Å²) in [6.07, 6.45) is 3.48. The number of thiophene rings is 1. The van der Waals surface area contributed by atoms with E-state index in [0.29, 0.717) is 10.8 Å². The highest BCUT2D eigenvalue weighted by Gasteiger charge is 2.21. The van der Waals surface area contributed by atoms with E-state index in [0.717, 1.165) is 38.1 Å². The zero-order valence-corrected chi connectivity index (χ0v) is 16.7. The molecule has 1 aliphatic rings. The van der Waals surface area contributed by atoms with Crippen molar-refractivity contribution in [2.24, 2.45) is 4.99 Å². The summed E-state index contributed by atoms with van der Waals surface area (Å²) in [7, 11) is -1.70. The van der Waals surface area contributed by atoms with Crippen LogP contribution in [0.2, 0.25) is 0 Å². The minimum Gasteiger partial charge on any atom is -0.355 e. The molecule has 2 aromatic rings. The molecule has 0 amide bonds. The zero-order chi connectivity index (χ0) is 19.1. The second-order valence-corrected chi connectivity index (χ2v) is 8.77. The first-order chi connectivity index (χ1) is 13.1. The number of sulfonamides is 1. The van der Waals surface area contributed by atoms with Crippen molar-refractivity contribution < 1.29 is 8.42 Å². The summed E-state index contributed by atoms with van der Waals surface area (Å²) in [5.41, 5.74) is 0. The van der Waals surface area contributed by atoms with Gasteiger partial charge in [-0.05, 0) is 17.5 Å². The lowest BCUT2D eigenvalue weighted by atomic mass is 10.3. The van der Waals surface area contributed by atoms with Crippen LogP contribution in [-0.4, -0.2) is 75.6 Å². The summed E-state index contributed by atoms with van der Waals surface area (Å²) in [4.78, 5) is 17.2. The predicted octanol–water partition coefficient (Wildman–Crippen LogP) is 0.214. The Balaban J connectivity index is 1.44. The van der Waals surface area contributed by atoms with E-state index < -0.39 is 10.0 Å². The predicted molar refractivity (Wildman–Crippen MR) is 107 cm³/mol. The number of rotatable bonds is 6. The first kappa shape index (κ1) is 19.5. The van der Waals surface area contributed by atoms with Crippen LogP contribution in [0, 0.1) is 0 Å². The number of piperazine rings is 1. The van der Waals surface area contributed by atoms with Gasteiger partial charge in [0.25, 0.3) is 0 Å². The number of anilines is 1. The Labute approximate surface area is 163 Å². The van der Waals surface area contributed by atoms with E-state index in [-0.39, 0.29) is 6.54 Å². The van der Waals surface area contributed by atoms with Gasteiger partial charge in [-0.25, -0.2) is 23.1 Å². The van der Waals surface area contributed by atoms with Gasteiger partial charge in [0.1, 0.15) is 4.21 Å². The number of hydrogen-bond acceptors (Lipinski definition) is 7. The molecule has 1 aliphatic heterocycles. The number of aromatic nitrogens is 2. The van der Waals surface area contributed by atoms with E-state index >= 15 is 0 Å². The van der Waals surface area contributed by atoms with Crippen LogP contribution in [-0.2, 0) is 10.0 Å². The third kappa shape index (κ3) is 5.15. The molecule has 3 rings (SSSR count). The number of guanidine groups is 1. The van der Waals surface area contributed by atoms with Crippen molar-refractivity contribution in [2.75, 3.05) is 51.2 Å². The monoisotopic (exact) mass is 409 g/mol. The molecule has 0 bridgehead atoms. The Morgan fingerprint density at radius 2 is 1.93 bits per heavy atom. The fraction of sp³-hybridized carbons (Fsp3) is 0.438. The van der Waals surface area contributed by atoms with Gasteiger partial charge < -0.3 is 15.1 Å². The lowest BCUT2D eigenvalue weighted by Gasteiger charge is -2.36. The summed E-state index contributed by atoms with van der Waals surface area (Å²) in [5.74, 6) is 1.50. The molecule has 1 fully saturated rings. The Morgan fingerprint density at radius 3 is 2.56 bits per heavy atom. The van der Waals surface area contributed by atoms with Crippen LogP contribution < -0.4 is 14.9 Å². The molecule has 2 aromatic heterocycles. The van der Waals surface area contributed by atoms with Crippen molar-refractivity contribution >= 4 is 33.3 Å². The van der Waals surface area contributed by atoms with Crippen molar-refractivity contribution in [3.63, 3.8) is 0 Å². The number of nitrogens with one attached hydrogen (secondary N) is 2. The molecule has 146 valence electrons. The third-order valence-electron chi connectivity index (χ3n) is 4.09. The van der Waals surface area contributed by atoms with Gasteiger partial charge in [-0.1, -0.05) is 6.07 Å². The Morgan fingerprint density at radius 1 is 1.19 bits per heavy atom. The molecule has 0 spiro atoms. The first-order valence-corrected chi connectivity index (χ1v) is 11.0. The third-order valence-corrected chi connectivity index (χ3v) is 6.94. The van der Waals surface area contributed by atoms with Gasteiger partial charge in [0, 0.05) is 58.7 Å². The number of aliphatic imine (C=N–C) groups is 1. The van der Waals surface area contributed by atoms with Gasteiger partial charge in [-0.3, -0.25) is 4.99 Å². The van der Waals surface area contributed by atoms with Gasteiger partial charge in [0.15, 0.2) is 5.96 Å². The van der Waals surface area contributed by atoms with Gasteiger partial charge in [0.05, 0.1) is 0 Å². The molecule has 9 nitrogen and oxygen atoms in total. The fourth-order valence-corrected chi connectivity index (χ4v) is 4.82. The highest BCUT2D eigenvalue weighted by atomic mass is 32.2. The molecule has 3 heterocycles. The maximum Gasteiger partial charge on any atom is 0.250 e. The molecule has 27 heavy (non-hydrogen) atoms. The van der Waals surface area contributed by atoms with Gasteiger partial charge >= 0.3 is 0 Å². The maximum absolute atomic E-state index is 12.1. The van der Waals surface area contributed by atoms with Gasteiger partial charge in [0.2, 0.25) is 16.0 Å². The van der Waals surface area contributed by atoms with Crippen LogP contribution >= 0.6 is 11.3 Å². The highest BCUT2D eigenvalue weighted by molar-refractivity contribution is 7.91. The van der Waals surface area contributed by atoms with E-state index in [1.54, 1.807) is 43.0 Å². The smallest absolute Gasteiger partial charge is 0.250 e. The normalized spacial score (nSPS) is 15.8. The molecular formula is C16H23N7O2S2. The van der Waals surface area contributed by atoms with Crippen LogP contribution in [0.25, 0.3) is 0 Å². The summed E-state index contributed by atoms with van der Waals surface area (Å²) in [5, 5.41) is 4.96. The highest BCUT2D eigenvalue weighted by Crippen LogP contribution is 2.14. The van der Waals surface area contributed by atoms with Gasteiger partial charge in [-0.2, -0.15) is 0 Å². The topological polar surface area (TPSA) is 103 Å². The molecule has 1 saturated heterocycles. The van der Waals surface area contributed by atoms with E-state index in [2.05, 4.69) is 34.8 Å². The first-order valence-electron chi connectivity index (χ1n) is 8.61. The summed E-state index contributed by atoms with van der Waals surface area (Å²) in [6.45, 7) is 3.93. The summed E-state index contributed by atoms with van der Waals surface area (Å²) in [6, 6.07) is 5.12. The molecule has 0 saturated carbocycles. The van der Waals surface area contributed by atoms with Crippen molar-refractivity contribution in [3.05, 3.63) is 36.0 Å². The Hall–Kier alpha value is -2.24. The van der Waals surface area contributed by atoms with Gasteiger partial charge in [-0.15, -0.1) is 11.3 Å². The van der Waals surface area contributed by atoms with Crippen LogP contribution in [0.4, 0.5) is 5.95 Å². The second kappa shape index (κ2) is 9.11. The lowest BCUT2D eigenvalue weighted by Crippen LogP contribution is -2.53. The molecular weight excluding hydrogens is 386 g/mol. The molecule has 11 heteroatoms. The Kier molecular flexibility index (Phi) is 6.58. The number of nitrogens with zero attached hydrogens (tertiary/aromatic N) is 5. The maximum atomic E-state index is 12.1. The summed E-state index contributed by atoms with van der Waals surface area (Å²) < 4.78 is 27.1. The standard InChI is InChI=1S/C16H23N7O2S2/c1-17-15(20-7-8-21-27(24,25)14-4-2-13-26-14)22-9-11-23(12-10-22)16-18-5-3-6-19-16/h2-6,13,21H,7-12H2,1H3,(H,17,20). The minimum atomic E-state index is -3.43. The van der Waals surface area contributed by atoms with E-state index in [1.165, 1.54) is 11.3 Å². The van der Waals surface area contributed by atoms with Crippen molar-refractivity contribution in [1.82, 2.24) is 24.9 Å². The van der Waals surface area contributed by atoms with Crippen LogP contribution in [0.15, 0.2) is 45.2 Å². The van der Waals surface area contributed by atoms with E-state index in [9.17, 15) is 8.42 Å². The Bertz CT molecular complexity index is 833. The largest absolute Gasteiger partial charge is 0.355 e. The van der Waals surface area contributed by atoms with Crippen LogP contribution in [0.1, 0.15) is 0 Å². The second-order valence-electron chi connectivity index (χ2n) is 5.83. The fourth-order valence-electron chi connectivity index (χ4n) is 2.75. The lowest BCUT2D eigenvalue weighted by molar-refractivity contribution is 0.370. The number of hydrogen-bond donors (Lipinski definition) is 2. The average molecular weight is 410 g/mol. The molecule has 0 aliphatic carbocycles. The van der Waals surface area contributed by atoms with Crippen molar-refractivity contribution in [1.29, 1.82) is 0 Å².